The zero-order valence-corrected chi connectivity index (χ0v) is 24.2. The SMILES string of the molecule is CCCCOc1ccc(C2C(=C(O)c3cc(C)ccc3C)C(=O)C(=O)N2c2nc(C)c(C(=O)OC)s2)cc1OC. The van der Waals surface area contributed by atoms with Crippen LogP contribution in [0.2, 0.25) is 0 Å². The third-order valence-electron chi connectivity index (χ3n) is 6.71. The summed E-state index contributed by atoms with van der Waals surface area (Å²) in [6.45, 7) is 7.89. The summed E-state index contributed by atoms with van der Waals surface area (Å²) in [6.07, 6.45) is 1.83. The zero-order valence-electron chi connectivity index (χ0n) is 23.4. The van der Waals surface area contributed by atoms with Gasteiger partial charge < -0.3 is 19.3 Å². The van der Waals surface area contributed by atoms with E-state index in [4.69, 9.17) is 14.2 Å². The van der Waals surface area contributed by atoms with Crippen molar-refractivity contribution in [1.29, 1.82) is 0 Å². The molecule has 9 nitrogen and oxygen atoms in total. The lowest BCUT2D eigenvalue weighted by Crippen LogP contribution is -2.29. The van der Waals surface area contributed by atoms with Gasteiger partial charge in [0, 0.05) is 5.56 Å². The first-order valence-electron chi connectivity index (χ1n) is 12.9. The van der Waals surface area contributed by atoms with E-state index in [1.165, 1.54) is 19.1 Å². The number of unbranched alkanes of at least 4 members (excludes halogenated alkanes) is 1. The third kappa shape index (κ3) is 5.31. The van der Waals surface area contributed by atoms with Crippen molar-refractivity contribution in [2.75, 3.05) is 25.7 Å². The van der Waals surface area contributed by atoms with Crippen LogP contribution in [0.5, 0.6) is 11.5 Å². The molecule has 1 fully saturated rings. The van der Waals surface area contributed by atoms with Gasteiger partial charge in [0.15, 0.2) is 16.6 Å². The molecule has 0 spiro atoms. The maximum Gasteiger partial charge on any atom is 0.350 e. The molecule has 0 aliphatic carbocycles. The highest BCUT2D eigenvalue weighted by Gasteiger charge is 2.48. The van der Waals surface area contributed by atoms with Gasteiger partial charge in [-0.1, -0.05) is 48.4 Å². The van der Waals surface area contributed by atoms with Gasteiger partial charge in [-0.3, -0.25) is 14.5 Å². The fraction of sp³-hybridized carbons (Fsp3) is 0.333. The molecule has 1 N–H and O–H groups in total. The van der Waals surface area contributed by atoms with Crippen LogP contribution in [0.3, 0.4) is 0 Å². The Morgan fingerprint density at radius 1 is 1.07 bits per heavy atom. The standard InChI is InChI=1S/C30H32N2O7S/c1-7-8-13-39-21-12-11-19(15-22(21)37-5)24-23(25(33)20-14-16(2)9-10-17(20)3)26(34)28(35)32(24)30-31-18(4)27(40-30)29(36)38-6/h9-12,14-15,24,33H,7-8,13H2,1-6H3. The molecule has 1 unspecified atom stereocenters. The van der Waals surface area contributed by atoms with Crippen LogP contribution in [-0.4, -0.2) is 48.6 Å². The van der Waals surface area contributed by atoms with Crippen molar-refractivity contribution in [3.05, 3.63) is 74.8 Å². The second-order valence-corrected chi connectivity index (χ2v) is 10.5. The summed E-state index contributed by atoms with van der Waals surface area (Å²) in [5, 5.41) is 11.7. The summed E-state index contributed by atoms with van der Waals surface area (Å²) in [7, 11) is 2.76. The number of Topliss-reactive ketones (excluding diaryl/α,β-unsaturated/α-hetero) is 1. The monoisotopic (exact) mass is 564 g/mol. The number of rotatable bonds is 9. The van der Waals surface area contributed by atoms with Gasteiger partial charge in [0.2, 0.25) is 0 Å². The number of carbonyl (C=O) groups is 3. The zero-order chi connectivity index (χ0) is 29.1. The van der Waals surface area contributed by atoms with Crippen molar-refractivity contribution >= 4 is 39.9 Å². The van der Waals surface area contributed by atoms with Crippen LogP contribution in [0.4, 0.5) is 5.13 Å². The van der Waals surface area contributed by atoms with Gasteiger partial charge in [-0.2, -0.15) is 0 Å². The lowest BCUT2D eigenvalue weighted by molar-refractivity contribution is -0.132. The van der Waals surface area contributed by atoms with E-state index >= 15 is 0 Å². The van der Waals surface area contributed by atoms with Gasteiger partial charge in [-0.15, -0.1) is 0 Å². The Hall–Kier alpha value is -4.18. The number of anilines is 1. The lowest BCUT2D eigenvalue weighted by atomic mass is 9.93. The van der Waals surface area contributed by atoms with Crippen LogP contribution >= 0.6 is 11.3 Å². The predicted molar refractivity (Wildman–Crippen MR) is 152 cm³/mol. The number of hydrogen-bond donors (Lipinski definition) is 1. The quantitative estimate of drug-likeness (QED) is 0.116. The minimum atomic E-state index is -1.05. The number of amides is 1. The molecule has 1 aliphatic heterocycles. The number of aliphatic hydroxyl groups is 1. The van der Waals surface area contributed by atoms with Crippen molar-refractivity contribution in [1.82, 2.24) is 4.98 Å². The first kappa shape index (κ1) is 28.8. The summed E-state index contributed by atoms with van der Waals surface area (Å²) >= 11 is 0.943. The van der Waals surface area contributed by atoms with Crippen LogP contribution < -0.4 is 14.4 Å². The van der Waals surface area contributed by atoms with Gasteiger partial charge in [-0.05, 0) is 56.5 Å². The molecule has 3 aromatic rings. The molecule has 1 saturated heterocycles. The van der Waals surface area contributed by atoms with Gasteiger partial charge in [-0.25, -0.2) is 9.78 Å². The largest absolute Gasteiger partial charge is 0.507 e. The summed E-state index contributed by atoms with van der Waals surface area (Å²) < 4.78 is 16.3. The number of carbonyl (C=O) groups excluding carboxylic acids is 3. The molecule has 2 heterocycles. The van der Waals surface area contributed by atoms with Crippen molar-refractivity contribution in [2.45, 2.75) is 46.6 Å². The second-order valence-electron chi connectivity index (χ2n) is 9.50. The number of aliphatic hydroxyl groups excluding tert-OH is 1. The molecule has 0 bridgehead atoms. The van der Waals surface area contributed by atoms with Crippen LogP contribution in [0.1, 0.15) is 63.4 Å². The number of ketones is 1. The Balaban J connectivity index is 1.94. The van der Waals surface area contributed by atoms with E-state index in [9.17, 15) is 19.5 Å². The summed E-state index contributed by atoms with van der Waals surface area (Å²) in [5.74, 6) is -1.70. The van der Waals surface area contributed by atoms with Crippen LogP contribution in [0.15, 0.2) is 42.0 Å². The van der Waals surface area contributed by atoms with E-state index in [2.05, 4.69) is 11.9 Å². The first-order valence-corrected chi connectivity index (χ1v) is 13.7. The number of esters is 1. The van der Waals surface area contributed by atoms with E-state index in [-0.39, 0.29) is 21.3 Å². The molecule has 210 valence electrons. The topological polar surface area (TPSA) is 115 Å². The average molecular weight is 565 g/mol. The highest BCUT2D eigenvalue weighted by Crippen LogP contribution is 2.45. The van der Waals surface area contributed by atoms with Crippen LogP contribution in [-0.2, 0) is 14.3 Å². The van der Waals surface area contributed by atoms with Crippen molar-refractivity contribution in [3.63, 3.8) is 0 Å². The fourth-order valence-corrected chi connectivity index (χ4v) is 5.56. The van der Waals surface area contributed by atoms with Gasteiger partial charge >= 0.3 is 11.9 Å². The summed E-state index contributed by atoms with van der Waals surface area (Å²) in [6, 6.07) is 9.59. The number of benzene rings is 2. The average Bonchev–Trinajstić information content (AvgIpc) is 3.45. The van der Waals surface area contributed by atoms with Crippen LogP contribution in [0, 0.1) is 20.8 Å². The molecule has 1 atom stereocenters. The van der Waals surface area contributed by atoms with Gasteiger partial charge in [0.1, 0.15) is 10.6 Å². The molecular formula is C30H32N2O7S. The Bertz CT molecular complexity index is 1510. The molecule has 1 aromatic heterocycles. The fourth-order valence-electron chi connectivity index (χ4n) is 4.55. The Morgan fingerprint density at radius 3 is 2.50 bits per heavy atom. The Kier molecular flexibility index (Phi) is 8.58. The maximum atomic E-state index is 13.6. The number of thiazole rings is 1. The minimum Gasteiger partial charge on any atom is -0.507 e. The predicted octanol–water partition coefficient (Wildman–Crippen LogP) is 5.67. The van der Waals surface area contributed by atoms with E-state index in [0.29, 0.717) is 34.9 Å². The highest BCUT2D eigenvalue weighted by atomic mass is 32.1. The van der Waals surface area contributed by atoms with Crippen molar-refractivity contribution in [2.24, 2.45) is 0 Å². The number of ether oxygens (including phenoxy) is 3. The molecule has 0 radical (unpaired) electrons. The van der Waals surface area contributed by atoms with Gasteiger partial charge in [0.05, 0.1) is 38.1 Å². The summed E-state index contributed by atoms with van der Waals surface area (Å²) in [4.78, 5) is 45.3. The number of aryl methyl sites for hydroxylation is 3. The Labute approximate surface area is 237 Å². The lowest BCUT2D eigenvalue weighted by Gasteiger charge is -2.24. The number of methoxy groups -OCH3 is 2. The van der Waals surface area contributed by atoms with Crippen molar-refractivity contribution < 1.29 is 33.7 Å². The number of nitrogens with zero attached hydrogens (tertiary/aromatic N) is 2. The number of hydrogen-bond acceptors (Lipinski definition) is 9. The van der Waals surface area contributed by atoms with E-state index in [1.54, 1.807) is 31.2 Å². The van der Waals surface area contributed by atoms with E-state index in [0.717, 1.165) is 35.3 Å². The molecule has 40 heavy (non-hydrogen) atoms. The number of aromatic nitrogens is 1. The van der Waals surface area contributed by atoms with Gasteiger partial charge in [0.25, 0.3) is 5.78 Å². The second kappa shape index (κ2) is 11.9. The molecule has 2 aromatic carbocycles. The van der Waals surface area contributed by atoms with E-state index < -0.39 is 23.7 Å². The molecule has 10 heteroatoms. The highest BCUT2D eigenvalue weighted by molar-refractivity contribution is 7.17. The normalized spacial score (nSPS) is 16.4. The summed E-state index contributed by atoms with van der Waals surface area (Å²) in [5.41, 5.74) is 2.83. The maximum absolute atomic E-state index is 13.6. The third-order valence-corrected chi connectivity index (χ3v) is 7.85. The smallest absolute Gasteiger partial charge is 0.350 e. The molecule has 4 rings (SSSR count). The molecule has 1 aliphatic rings. The molecule has 1 amide bonds. The Morgan fingerprint density at radius 2 is 1.82 bits per heavy atom. The molecule has 0 saturated carbocycles. The minimum absolute atomic E-state index is 0.0899. The van der Waals surface area contributed by atoms with Crippen molar-refractivity contribution in [3.8, 4) is 11.5 Å². The van der Waals surface area contributed by atoms with E-state index in [1.807, 2.05) is 26.0 Å². The first-order chi connectivity index (χ1) is 19.1. The molecular weight excluding hydrogens is 532 g/mol. The van der Waals surface area contributed by atoms with Crippen LogP contribution in [0.25, 0.3) is 5.76 Å².